The molecule has 1 aromatic carbocycles. The Morgan fingerprint density at radius 3 is 2.43 bits per heavy atom. The molecule has 6 nitrogen and oxygen atoms in total. The minimum absolute atomic E-state index is 0.0109. The smallest absolute Gasteiger partial charge is 0.322 e. The maximum atomic E-state index is 12.4. The predicted octanol–water partition coefficient (Wildman–Crippen LogP) is 0.976. The number of urea groups is 1. The van der Waals surface area contributed by atoms with Crippen LogP contribution in [0.15, 0.2) is 30.3 Å². The monoisotopic (exact) mass is 289 g/mol. The van der Waals surface area contributed by atoms with Gasteiger partial charge in [0.05, 0.1) is 6.42 Å². The topological polar surface area (TPSA) is 92.5 Å². The third kappa shape index (κ3) is 2.16. The number of likely N-dealkylation sites (tertiary alicyclic amines) is 1. The van der Waals surface area contributed by atoms with E-state index in [1.807, 2.05) is 37.3 Å². The molecule has 1 fully saturated rings. The molecule has 1 aromatic rings. The minimum atomic E-state index is -1.23. The highest BCUT2D eigenvalue weighted by molar-refractivity contribution is 6.10. The Labute approximate surface area is 123 Å². The van der Waals surface area contributed by atoms with E-state index in [0.717, 1.165) is 10.5 Å². The summed E-state index contributed by atoms with van der Waals surface area (Å²) in [5.74, 6) is -1.07. The zero-order valence-electron chi connectivity index (χ0n) is 12.1. The van der Waals surface area contributed by atoms with Gasteiger partial charge in [0.2, 0.25) is 11.8 Å². The molecule has 3 N–H and O–H groups in total. The van der Waals surface area contributed by atoms with Crippen LogP contribution in [0.1, 0.15) is 31.2 Å². The predicted molar refractivity (Wildman–Crippen MR) is 77.3 cm³/mol. The lowest BCUT2D eigenvalue weighted by atomic mass is 9.68. The second kappa shape index (κ2) is 5.55. The second-order valence-corrected chi connectivity index (χ2v) is 5.12. The summed E-state index contributed by atoms with van der Waals surface area (Å²) in [7, 11) is 1.49. The highest BCUT2D eigenvalue weighted by atomic mass is 16.2. The molecule has 1 aliphatic heterocycles. The number of nitrogens with one attached hydrogen (secondary N) is 1. The Morgan fingerprint density at radius 2 is 2.00 bits per heavy atom. The highest BCUT2D eigenvalue weighted by Crippen LogP contribution is 2.45. The molecule has 2 rings (SSSR count). The lowest BCUT2D eigenvalue weighted by molar-refractivity contribution is -0.162. The summed E-state index contributed by atoms with van der Waals surface area (Å²) in [4.78, 5) is 36.8. The van der Waals surface area contributed by atoms with Crippen LogP contribution in [0.4, 0.5) is 4.79 Å². The van der Waals surface area contributed by atoms with Gasteiger partial charge in [-0.15, -0.1) is 0 Å². The molecular formula is C15H19N3O3. The van der Waals surface area contributed by atoms with E-state index in [1.165, 1.54) is 7.05 Å². The molecule has 0 spiro atoms. The number of carbonyl (C=O) groups excluding carboxylic acids is 3. The molecule has 1 unspecified atom stereocenters. The average molecular weight is 289 g/mol. The van der Waals surface area contributed by atoms with Gasteiger partial charge in [-0.3, -0.25) is 9.59 Å². The van der Waals surface area contributed by atoms with E-state index in [1.54, 1.807) is 0 Å². The van der Waals surface area contributed by atoms with Crippen LogP contribution in [0, 0.1) is 0 Å². The zero-order valence-corrected chi connectivity index (χ0v) is 12.1. The van der Waals surface area contributed by atoms with Crippen LogP contribution >= 0.6 is 0 Å². The van der Waals surface area contributed by atoms with Crippen LogP contribution in [0.25, 0.3) is 0 Å². The maximum Gasteiger partial charge on any atom is 0.322 e. The fourth-order valence-corrected chi connectivity index (χ4v) is 3.21. The van der Waals surface area contributed by atoms with Crippen molar-refractivity contribution in [1.29, 1.82) is 0 Å². The van der Waals surface area contributed by atoms with E-state index in [4.69, 9.17) is 5.73 Å². The minimum Gasteiger partial charge on any atom is -0.357 e. The second-order valence-electron chi connectivity index (χ2n) is 5.12. The number of benzene rings is 1. The standard InChI is InChI=1S/C15H19N3O3/c1-3-11(10-7-5-4-6-8-10)15(13(20)17-2)9-12(19)18(15)14(16)21/h4-8,11H,3,9H2,1-2H3,(H2,16,21)(H,17,20)/t11-,15?/m1/s1. The van der Waals surface area contributed by atoms with E-state index in [0.29, 0.717) is 6.42 Å². The van der Waals surface area contributed by atoms with Crippen molar-refractivity contribution < 1.29 is 14.4 Å². The molecular weight excluding hydrogens is 270 g/mol. The number of rotatable bonds is 4. The molecule has 1 heterocycles. The van der Waals surface area contributed by atoms with Crippen molar-refractivity contribution in [1.82, 2.24) is 10.2 Å². The van der Waals surface area contributed by atoms with Crippen molar-refractivity contribution in [3.8, 4) is 0 Å². The first-order chi connectivity index (χ1) is 9.98. The summed E-state index contributed by atoms with van der Waals surface area (Å²) in [6.07, 6.45) is 0.595. The number of hydrogen-bond acceptors (Lipinski definition) is 3. The van der Waals surface area contributed by atoms with Gasteiger partial charge in [0, 0.05) is 13.0 Å². The fraction of sp³-hybridized carbons (Fsp3) is 0.400. The molecule has 0 radical (unpaired) electrons. The van der Waals surface area contributed by atoms with Crippen molar-refractivity contribution in [2.24, 2.45) is 5.73 Å². The van der Waals surface area contributed by atoms with Crippen LogP contribution in [0.5, 0.6) is 0 Å². The van der Waals surface area contributed by atoms with Gasteiger partial charge in [0.25, 0.3) is 0 Å². The Morgan fingerprint density at radius 1 is 1.38 bits per heavy atom. The molecule has 21 heavy (non-hydrogen) atoms. The van der Waals surface area contributed by atoms with Gasteiger partial charge in [-0.05, 0) is 12.0 Å². The number of hydrogen-bond donors (Lipinski definition) is 2. The van der Waals surface area contributed by atoms with Crippen molar-refractivity contribution in [3.05, 3.63) is 35.9 Å². The van der Waals surface area contributed by atoms with Crippen molar-refractivity contribution in [2.75, 3.05) is 7.05 Å². The molecule has 1 saturated heterocycles. The van der Waals surface area contributed by atoms with E-state index in [2.05, 4.69) is 5.32 Å². The molecule has 2 atom stereocenters. The molecule has 0 aromatic heterocycles. The van der Waals surface area contributed by atoms with Crippen molar-refractivity contribution >= 4 is 17.8 Å². The molecule has 112 valence electrons. The normalized spacial score (nSPS) is 22.4. The van der Waals surface area contributed by atoms with E-state index in [9.17, 15) is 14.4 Å². The van der Waals surface area contributed by atoms with E-state index in [-0.39, 0.29) is 18.2 Å². The Kier molecular flexibility index (Phi) is 3.97. The van der Waals surface area contributed by atoms with Crippen molar-refractivity contribution in [2.45, 2.75) is 31.2 Å². The number of imide groups is 1. The number of β-lactam (4-membered cyclic amide) rings is 1. The summed E-state index contributed by atoms with van der Waals surface area (Å²) in [5, 5.41) is 2.56. The Balaban J connectivity index is 2.53. The highest BCUT2D eigenvalue weighted by Gasteiger charge is 2.62. The van der Waals surface area contributed by atoms with Gasteiger partial charge in [-0.2, -0.15) is 0 Å². The molecule has 6 heteroatoms. The SMILES string of the molecule is CC[C@H](c1ccccc1)C1(C(=O)NC)CC(=O)N1C(N)=O. The van der Waals surface area contributed by atoms with Gasteiger partial charge < -0.3 is 11.1 Å². The van der Waals surface area contributed by atoms with Gasteiger partial charge in [0.1, 0.15) is 5.54 Å². The number of nitrogens with zero attached hydrogens (tertiary/aromatic N) is 1. The number of nitrogens with two attached hydrogens (primary N) is 1. The Hall–Kier alpha value is -2.37. The number of carbonyl (C=O) groups is 3. The van der Waals surface area contributed by atoms with Gasteiger partial charge in [-0.25, -0.2) is 9.69 Å². The summed E-state index contributed by atoms with van der Waals surface area (Å²) >= 11 is 0. The lowest BCUT2D eigenvalue weighted by Crippen LogP contribution is -2.74. The van der Waals surface area contributed by atoms with Crippen molar-refractivity contribution in [3.63, 3.8) is 0 Å². The van der Waals surface area contributed by atoms with Crippen LogP contribution in [-0.2, 0) is 9.59 Å². The summed E-state index contributed by atoms with van der Waals surface area (Å²) in [6, 6.07) is 8.50. The third-order valence-electron chi connectivity index (χ3n) is 4.10. The first kappa shape index (κ1) is 15.0. The number of likely N-dealkylation sites (N-methyl/N-ethyl adjacent to an activating group) is 1. The lowest BCUT2D eigenvalue weighted by Gasteiger charge is -2.52. The largest absolute Gasteiger partial charge is 0.357 e. The molecule has 0 aliphatic carbocycles. The quantitative estimate of drug-likeness (QED) is 0.809. The molecule has 1 aliphatic rings. The molecule has 4 amide bonds. The summed E-state index contributed by atoms with van der Waals surface area (Å²) < 4.78 is 0. The van der Waals surface area contributed by atoms with Gasteiger partial charge >= 0.3 is 6.03 Å². The van der Waals surface area contributed by atoms with Gasteiger partial charge in [0.15, 0.2) is 0 Å². The molecule has 0 bridgehead atoms. The molecule has 0 saturated carbocycles. The fourth-order valence-electron chi connectivity index (χ4n) is 3.21. The van der Waals surface area contributed by atoms with Gasteiger partial charge in [-0.1, -0.05) is 37.3 Å². The first-order valence-corrected chi connectivity index (χ1v) is 6.88. The van der Waals surface area contributed by atoms with Crippen LogP contribution in [0.2, 0.25) is 0 Å². The zero-order chi connectivity index (χ0) is 15.6. The van der Waals surface area contributed by atoms with E-state index >= 15 is 0 Å². The van der Waals surface area contributed by atoms with E-state index < -0.39 is 17.5 Å². The average Bonchev–Trinajstić information content (AvgIpc) is 2.46. The Bertz CT molecular complexity index is 565. The maximum absolute atomic E-state index is 12.4. The first-order valence-electron chi connectivity index (χ1n) is 6.88. The van der Waals surface area contributed by atoms with Crippen LogP contribution < -0.4 is 11.1 Å². The summed E-state index contributed by atoms with van der Waals surface area (Å²) in [5.41, 5.74) is 4.99. The number of primary amides is 1. The summed E-state index contributed by atoms with van der Waals surface area (Å²) in [6.45, 7) is 1.92. The van der Waals surface area contributed by atoms with Crippen LogP contribution in [-0.4, -0.2) is 35.3 Å². The third-order valence-corrected chi connectivity index (χ3v) is 4.10. The number of amides is 4. The van der Waals surface area contributed by atoms with Crippen LogP contribution in [0.3, 0.4) is 0 Å².